The largest absolute Gasteiger partial charge is 0.497 e. The highest BCUT2D eigenvalue weighted by atomic mass is 32.2. The third kappa shape index (κ3) is 3.21. The molecular formula is C21H21N3O2S. The number of carbonyl (C=O) groups is 1. The van der Waals surface area contributed by atoms with Gasteiger partial charge in [0.15, 0.2) is 0 Å². The highest BCUT2D eigenvalue weighted by molar-refractivity contribution is 7.98. The smallest absolute Gasteiger partial charge is 0.256 e. The number of aryl methyl sites for hydroxylation is 1. The number of hydrogen-bond acceptors (Lipinski definition) is 4. The van der Waals surface area contributed by atoms with Crippen molar-refractivity contribution in [1.29, 1.82) is 0 Å². The fourth-order valence-electron chi connectivity index (χ4n) is 3.20. The number of ether oxygens (including phenoxy) is 1. The van der Waals surface area contributed by atoms with Crippen molar-refractivity contribution in [3.8, 4) is 11.4 Å². The number of aromatic nitrogens is 2. The molecule has 4 rings (SSSR count). The summed E-state index contributed by atoms with van der Waals surface area (Å²) in [6.45, 7) is 4.17. The molecule has 2 aromatic carbocycles. The number of methoxy groups -OCH3 is 1. The maximum absolute atomic E-state index is 12.8. The predicted octanol–water partition coefficient (Wildman–Crippen LogP) is 4.50. The first-order valence-electron chi connectivity index (χ1n) is 8.79. The second-order valence-electron chi connectivity index (χ2n) is 6.58. The van der Waals surface area contributed by atoms with Crippen LogP contribution in [0.4, 0.5) is 5.82 Å². The van der Waals surface area contributed by atoms with Crippen LogP contribution in [0.2, 0.25) is 0 Å². The number of nitrogens with zero attached hydrogens (tertiary/aromatic N) is 2. The van der Waals surface area contributed by atoms with Crippen LogP contribution in [0.5, 0.6) is 5.75 Å². The number of hydrogen-bond donors (Lipinski definition) is 1. The minimum absolute atomic E-state index is 0.149. The number of fused-ring (bicyclic) bond motifs is 1. The topological polar surface area (TPSA) is 56.1 Å². The van der Waals surface area contributed by atoms with Crippen molar-refractivity contribution >= 4 is 23.5 Å². The molecule has 0 unspecified atom stereocenters. The van der Waals surface area contributed by atoms with Gasteiger partial charge in [-0.05, 0) is 55.3 Å². The van der Waals surface area contributed by atoms with Gasteiger partial charge in [0.25, 0.3) is 5.91 Å². The van der Waals surface area contributed by atoms with E-state index < -0.39 is 0 Å². The van der Waals surface area contributed by atoms with Crippen molar-refractivity contribution in [2.75, 3.05) is 12.4 Å². The molecule has 0 saturated carbocycles. The molecule has 1 N–H and O–H groups in total. The van der Waals surface area contributed by atoms with E-state index in [1.165, 1.54) is 5.56 Å². The molecule has 0 atom stereocenters. The lowest BCUT2D eigenvalue weighted by molar-refractivity contribution is 0.102. The molecule has 1 aliphatic heterocycles. The lowest BCUT2D eigenvalue weighted by Crippen LogP contribution is -2.16. The highest BCUT2D eigenvalue weighted by Gasteiger charge is 2.25. The van der Waals surface area contributed by atoms with Crippen LogP contribution in [0.3, 0.4) is 0 Å². The lowest BCUT2D eigenvalue weighted by Gasteiger charge is -2.14. The van der Waals surface area contributed by atoms with E-state index in [-0.39, 0.29) is 5.91 Å². The molecule has 1 aromatic heterocycles. The van der Waals surface area contributed by atoms with Gasteiger partial charge in [0.05, 0.1) is 18.5 Å². The Bertz CT molecular complexity index is 1010. The average molecular weight is 379 g/mol. The number of nitrogens with one attached hydrogen (secondary N) is 1. The van der Waals surface area contributed by atoms with Gasteiger partial charge in [-0.15, -0.1) is 0 Å². The fraction of sp³-hybridized carbons (Fsp3) is 0.238. The Hall–Kier alpha value is -2.73. The first-order valence-corrected chi connectivity index (χ1v) is 9.94. The van der Waals surface area contributed by atoms with E-state index in [0.29, 0.717) is 5.56 Å². The van der Waals surface area contributed by atoms with Crippen LogP contribution >= 0.6 is 11.8 Å². The van der Waals surface area contributed by atoms with Gasteiger partial charge < -0.3 is 10.1 Å². The van der Waals surface area contributed by atoms with Crippen molar-refractivity contribution in [3.63, 3.8) is 0 Å². The molecule has 5 nitrogen and oxygen atoms in total. The maximum Gasteiger partial charge on any atom is 0.256 e. The summed E-state index contributed by atoms with van der Waals surface area (Å²) in [5.41, 5.74) is 6.10. The molecule has 27 heavy (non-hydrogen) atoms. The van der Waals surface area contributed by atoms with Crippen molar-refractivity contribution in [1.82, 2.24) is 9.78 Å². The van der Waals surface area contributed by atoms with Crippen LogP contribution in [-0.4, -0.2) is 22.8 Å². The second-order valence-corrected chi connectivity index (χ2v) is 7.57. The van der Waals surface area contributed by atoms with Crippen molar-refractivity contribution in [2.24, 2.45) is 0 Å². The molecule has 3 aromatic rings. The Morgan fingerprint density at radius 3 is 2.67 bits per heavy atom. The highest BCUT2D eigenvalue weighted by Crippen LogP contribution is 2.37. The van der Waals surface area contributed by atoms with E-state index in [0.717, 1.165) is 45.6 Å². The van der Waals surface area contributed by atoms with E-state index in [2.05, 4.69) is 25.2 Å². The minimum Gasteiger partial charge on any atom is -0.497 e. The predicted molar refractivity (Wildman–Crippen MR) is 109 cm³/mol. The Balaban J connectivity index is 1.73. The summed E-state index contributed by atoms with van der Waals surface area (Å²) >= 11 is 1.82. The number of carbonyl (C=O) groups excluding carboxylic acids is 1. The number of amides is 1. The Labute approximate surface area is 162 Å². The van der Waals surface area contributed by atoms with E-state index >= 15 is 0 Å². The van der Waals surface area contributed by atoms with Gasteiger partial charge in [-0.3, -0.25) is 4.79 Å². The molecule has 0 saturated heterocycles. The standard InChI is InChI=1S/C21H21N3O2S/c1-13-5-4-6-19(14(13)2)24-20(17-11-27-12-18(17)23-24)22-21(25)15-7-9-16(26-3)10-8-15/h4-10H,11-12H2,1-3H3,(H,22,25). The number of rotatable bonds is 4. The Morgan fingerprint density at radius 2 is 1.93 bits per heavy atom. The molecule has 2 heterocycles. The third-order valence-electron chi connectivity index (χ3n) is 4.94. The molecule has 0 aliphatic carbocycles. The summed E-state index contributed by atoms with van der Waals surface area (Å²) in [6.07, 6.45) is 0. The van der Waals surface area contributed by atoms with Crippen LogP contribution in [-0.2, 0) is 11.5 Å². The first kappa shape index (κ1) is 17.7. The minimum atomic E-state index is -0.149. The van der Waals surface area contributed by atoms with Crippen molar-refractivity contribution < 1.29 is 9.53 Å². The van der Waals surface area contributed by atoms with E-state index in [1.54, 1.807) is 31.4 Å². The Kier molecular flexibility index (Phi) is 4.66. The van der Waals surface area contributed by atoms with E-state index in [9.17, 15) is 4.79 Å². The summed E-state index contributed by atoms with van der Waals surface area (Å²) in [5.74, 6) is 3.08. The van der Waals surface area contributed by atoms with E-state index in [4.69, 9.17) is 9.84 Å². The van der Waals surface area contributed by atoms with Crippen LogP contribution < -0.4 is 10.1 Å². The van der Waals surface area contributed by atoms with Gasteiger partial charge in [0.1, 0.15) is 11.6 Å². The fourth-order valence-corrected chi connectivity index (χ4v) is 4.24. The molecule has 1 amide bonds. The maximum atomic E-state index is 12.8. The molecule has 0 fully saturated rings. The second kappa shape index (κ2) is 7.12. The van der Waals surface area contributed by atoms with Gasteiger partial charge in [-0.25, -0.2) is 4.68 Å². The molecule has 0 spiro atoms. The average Bonchev–Trinajstić information content (AvgIpc) is 3.27. The van der Waals surface area contributed by atoms with Gasteiger partial charge in [-0.2, -0.15) is 16.9 Å². The summed E-state index contributed by atoms with van der Waals surface area (Å²) in [6, 6.07) is 13.3. The van der Waals surface area contributed by atoms with Gasteiger partial charge in [0, 0.05) is 22.6 Å². The van der Waals surface area contributed by atoms with Crippen LogP contribution in [0.15, 0.2) is 42.5 Å². The number of benzene rings is 2. The monoisotopic (exact) mass is 379 g/mol. The van der Waals surface area contributed by atoms with Gasteiger partial charge in [0.2, 0.25) is 0 Å². The number of thioether (sulfide) groups is 1. The molecule has 0 radical (unpaired) electrons. The number of anilines is 1. The normalized spacial score (nSPS) is 12.7. The first-order chi connectivity index (χ1) is 13.1. The third-order valence-corrected chi connectivity index (χ3v) is 5.91. The van der Waals surface area contributed by atoms with Crippen LogP contribution in [0, 0.1) is 13.8 Å². The molecule has 1 aliphatic rings. The van der Waals surface area contributed by atoms with Crippen molar-refractivity contribution in [3.05, 3.63) is 70.4 Å². The summed E-state index contributed by atoms with van der Waals surface area (Å²) in [5, 5.41) is 7.90. The quantitative estimate of drug-likeness (QED) is 0.725. The zero-order valence-electron chi connectivity index (χ0n) is 15.6. The summed E-state index contributed by atoms with van der Waals surface area (Å²) < 4.78 is 7.05. The zero-order chi connectivity index (χ0) is 19.0. The summed E-state index contributed by atoms with van der Waals surface area (Å²) in [7, 11) is 1.61. The zero-order valence-corrected chi connectivity index (χ0v) is 16.4. The SMILES string of the molecule is COc1ccc(C(=O)Nc2c3c(nn2-c2cccc(C)c2C)CSC3)cc1. The molecular weight excluding hydrogens is 358 g/mol. The molecule has 0 bridgehead atoms. The van der Waals surface area contributed by atoms with Gasteiger partial charge >= 0.3 is 0 Å². The molecule has 6 heteroatoms. The van der Waals surface area contributed by atoms with Gasteiger partial charge in [-0.1, -0.05) is 12.1 Å². The lowest BCUT2D eigenvalue weighted by atomic mass is 10.1. The van der Waals surface area contributed by atoms with Crippen molar-refractivity contribution in [2.45, 2.75) is 25.4 Å². The summed E-state index contributed by atoms with van der Waals surface area (Å²) in [4.78, 5) is 12.8. The van der Waals surface area contributed by atoms with Crippen LogP contribution in [0.25, 0.3) is 5.69 Å². The Morgan fingerprint density at radius 1 is 1.15 bits per heavy atom. The van der Waals surface area contributed by atoms with E-state index in [1.807, 2.05) is 28.6 Å². The van der Waals surface area contributed by atoms with Crippen LogP contribution in [0.1, 0.15) is 32.7 Å². The molecule has 138 valence electrons.